The highest BCUT2D eigenvalue weighted by molar-refractivity contribution is 6.02. The van der Waals surface area contributed by atoms with Crippen molar-refractivity contribution in [2.75, 3.05) is 17.2 Å². The molecule has 0 saturated heterocycles. The van der Waals surface area contributed by atoms with Crippen molar-refractivity contribution < 1.29 is 13.9 Å². The van der Waals surface area contributed by atoms with Gasteiger partial charge in [0.1, 0.15) is 23.1 Å². The van der Waals surface area contributed by atoms with Gasteiger partial charge in [-0.3, -0.25) is 4.79 Å². The van der Waals surface area contributed by atoms with Crippen LogP contribution in [-0.4, -0.2) is 22.5 Å². The van der Waals surface area contributed by atoms with Gasteiger partial charge in [-0.15, -0.1) is 0 Å². The number of halogens is 1. The summed E-state index contributed by atoms with van der Waals surface area (Å²) in [6, 6.07) is 13.0. The quantitative estimate of drug-likeness (QED) is 0.701. The van der Waals surface area contributed by atoms with Crippen LogP contribution < -0.4 is 15.4 Å². The second-order valence-electron chi connectivity index (χ2n) is 5.33. The smallest absolute Gasteiger partial charge is 0.275 e. The molecule has 0 fully saturated rings. The lowest BCUT2D eigenvalue weighted by Gasteiger charge is -2.08. The van der Waals surface area contributed by atoms with Crippen LogP contribution in [0.15, 0.2) is 60.9 Å². The number of nitrogens with zero attached hydrogens (tertiary/aromatic N) is 2. The summed E-state index contributed by atoms with van der Waals surface area (Å²) in [6.45, 7) is 2.48. The molecule has 132 valence electrons. The summed E-state index contributed by atoms with van der Waals surface area (Å²) in [5.74, 6) is 0.416. The third kappa shape index (κ3) is 4.54. The first-order chi connectivity index (χ1) is 12.6. The molecule has 0 saturated carbocycles. The monoisotopic (exact) mass is 352 g/mol. The lowest BCUT2D eigenvalue weighted by molar-refractivity contribution is 0.102. The van der Waals surface area contributed by atoms with E-state index in [4.69, 9.17) is 4.74 Å². The zero-order valence-electron chi connectivity index (χ0n) is 14.1. The molecule has 0 atom stereocenters. The molecule has 26 heavy (non-hydrogen) atoms. The van der Waals surface area contributed by atoms with E-state index < -0.39 is 0 Å². The molecule has 0 radical (unpaired) electrons. The van der Waals surface area contributed by atoms with Gasteiger partial charge in [0.05, 0.1) is 19.0 Å². The van der Waals surface area contributed by atoms with Crippen molar-refractivity contribution in [2.24, 2.45) is 0 Å². The maximum atomic E-state index is 13.2. The second-order valence-corrected chi connectivity index (χ2v) is 5.33. The van der Waals surface area contributed by atoms with E-state index in [1.165, 1.54) is 24.5 Å². The summed E-state index contributed by atoms with van der Waals surface area (Å²) in [4.78, 5) is 20.4. The summed E-state index contributed by atoms with van der Waals surface area (Å²) in [5, 5.41) is 5.66. The van der Waals surface area contributed by atoms with E-state index in [-0.39, 0.29) is 17.4 Å². The number of benzene rings is 2. The highest BCUT2D eigenvalue weighted by Crippen LogP contribution is 2.17. The minimum Gasteiger partial charge on any atom is -0.494 e. The van der Waals surface area contributed by atoms with Crippen LogP contribution in [0.3, 0.4) is 0 Å². The molecule has 6 nitrogen and oxygen atoms in total. The molecule has 0 aliphatic carbocycles. The van der Waals surface area contributed by atoms with E-state index in [2.05, 4.69) is 20.6 Å². The molecule has 2 aromatic carbocycles. The highest BCUT2D eigenvalue weighted by Gasteiger charge is 2.09. The summed E-state index contributed by atoms with van der Waals surface area (Å²) >= 11 is 0. The largest absolute Gasteiger partial charge is 0.494 e. The SMILES string of the molecule is CCOc1ccc(NC(=O)c2cnc(Nc3cccc(F)c3)cn2)cc1. The van der Waals surface area contributed by atoms with Crippen LogP contribution in [0.25, 0.3) is 0 Å². The summed E-state index contributed by atoms with van der Waals surface area (Å²) in [7, 11) is 0. The van der Waals surface area contributed by atoms with Crippen LogP contribution in [-0.2, 0) is 0 Å². The van der Waals surface area contributed by atoms with Gasteiger partial charge in [-0.25, -0.2) is 14.4 Å². The topological polar surface area (TPSA) is 76.1 Å². The van der Waals surface area contributed by atoms with Crippen molar-refractivity contribution in [1.29, 1.82) is 0 Å². The van der Waals surface area contributed by atoms with Crippen molar-refractivity contribution in [2.45, 2.75) is 6.92 Å². The number of anilines is 3. The van der Waals surface area contributed by atoms with Gasteiger partial charge in [-0.1, -0.05) is 6.07 Å². The Kier molecular flexibility index (Phi) is 5.38. The van der Waals surface area contributed by atoms with E-state index in [9.17, 15) is 9.18 Å². The lowest BCUT2D eigenvalue weighted by atomic mass is 10.3. The molecule has 1 aromatic heterocycles. The molecule has 0 spiro atoms. The molecule has 0 aliphatic heterocycles. The molecule has 0 aliphatic rings. The van der Waals surface area contributed by atoms with Gasteiger partial charge in [0, 0.05) is 11.4 Å². The first-order valence-corrected chi connectivity index (χ1v) is 8.03. The molecule has 0 bridgehead atoms. The van der Waals surface area contributed by atoms with Gasteiger partial charge < -0.3 is 15.4 Å². The maximum Gasteiger partial charge on any atom is 0.275 e. The van der Waals surface area contributed by atoms with Crippen molar-refractivity contribution in [1.82, 2.24) is 9.97 Å². The Morgan fingerprint density at radius 3 is 2.54 bits per heavy atom. The zero-order valence-corrected chi connectivity index (χ0v) is 14.1. The fraction of sp³-hybridized carbons (Fsp3) is 0.105. The number of nitrogens with one attached hydrogen (secondary N) is 2. The van der Waals surface area contributed by atoms with Crippen LogP contribution in [0.1, 0.15) is 17.4 Å². The fourth-order valence-electron chi connectivity index (χ4n) is 2.22. The number of aromatic nitrogens is 2. The number of ether oxygens (including phenoxy) is 1. The predicted octanol–water partition coefficient (Wildman–Crippen LogP) is 4.01. The maximum absolute atomic E-state index is 13.2. The molecule has 1 heterocycles. The van der Waals surface area contributed by atoms with E-state index in [0.29, 0.717) is 23.8 Å². The van der Waals surface area contributed by atoms with Crippen LogP contribution in [0, 0.1) is 5.82 Å². The normalized spacial score (nSPS) is 10.2. The molecule has 3 aromatic rings. The summed E-state index contributed by atoms with van der Waals surface area (Å²) in [6.07, 6.45) is 2.77. The molecule has 2 N–H and O–H groups in total. The van der Waals surface area contributed by atoms with Gasteiger partial charge in [0.15, 0.2) is 0 Å². The van der Waals surface area contributed by atoms with Crippen molar-refractivity contribution >= 4 is 23.1 Å². The predicted molar refractivity (Wildman–Crippen MR) is 97.3 cm³/mol. The first kappa shape index (κ1) is 17.3. The van der Waals surface area contributed by atoms with Gasteiger partial charge in [-0.05, 0) is 49.4 Å². The van der Waals surface area contributed by atoms with Crippen LogP contribution in [0.4, 0.5) is 21.6 Å². The standard InChI is InChI=1S/C19H17FN4O2/c1-2-26-16-8-6-14(7-9-16)24-19(25)17-11-22-18(12-21-17)23-15-5-3-4-13(20)10-15/h3-12H,2H2,1H3,(H,22,23)(H,24,25). The van der Waals surface area contributed by atoms with Crippen molar-refractivity contribution in [3.05, 3.63) is 72.4 Å². The Labute approximate surface area is 150 Å². The lowest BCUT2D eigenvalue weighted by Crippen LogP contribution is -2.14. The number of hydrogen-bond donors (Lipinski definition) is 2. The molecule has 1 amide bonds. The average molecular weight is 352 g/mol. The summed E-state index contributed by atoms with van der Waals surface area (Å²) in [5.41, 5.74) is 1.34. The number of hydrogen-bond acceptors (Lipinski definition) is 5. The Bertz CT molecular complexity index is 883. The minimum atomic E-state index is -0.376. The highest BCUT2D eigenvalue weighted by atomic mass is 19.1. The average Bonchev–Trinajstić information content (AvgIpc) is 2.64. The molecular formula is C19H17FN4O2. The Morgan fingerprint density at radius 2 is 1.88 bits per heavy atom. The number of amides is 1. The minimum absolute atomic E-state index is 0.170. The van der Waals surface area contributed by atoms with Crippen molar-refractivity contribution in [3.8, 4) is 5.75 Å². The first-order valence-electron chi connectivity index (χ1n) is 8.03. The third-order valence-electron chi connectivity index (χ3n) is 3.40. The molecular weight excluding hydrogens is 335 g/mol. The van der Waals surface area contributed by atoms with Gasteiger partial charge in [0.2, 0.25) is 0 Å². The Hall–Kier alpha value is -3.48. The van der Waals surface area contributed by atoms with Crippen LogP contribution in [0.2, 0.25) is 0 Å². The number of carbonyl (C=O) groups is 1. The fourth-order valence-corrected chi connectivity index (χ4v) is 2.22. The van der Waals surface area contributed by atoms with E-state index in [1.807, 2.05) is 6.92 Å². The van der Waals surface area contributed by atoms with E-state index in [0.717, 1.165) is 5.75 Å². The van der Waals surface area contributed by atoms with Crippen LogP contribution >= 0.6 is 0 Å². The molecule has 7 heteroatoms. The Balaban J connectivity index is 1.63. The number of rotatable bonds is 6. The van der Waals surface area contributed by atoms with Gasteiger partial charge in [-0.2, -0.15) is 0 Å². The summed E-state index contributed by atoms with van der Waals surface area (Å²) < 4.78 is 18.5. The van der Waals surface area contributed by atoms with Crippen molar-refractivity contribution in [3.63, 3.8) is 0 Å². The van der Waals surface area contributed by atoms with E-state index in [1.54, 1.807) is 36.4 Å². The van der Waals surface area contributed by atoms with Gasteiger partial charge >= 0.3 is 0 Å². The number of carbonyl (C=O) groups excluding carboxylic acids is 1. The molecule has 0 unspecified atom stereocenters. The van der Waals surface area contributed by atoms with E-state index >= 15 is 0 Å². The molecule has 3 rings (SSSR count). The van der Waals surface area contributed by atoms with Crippen LogP contribution in [0.5, 0.6) is 5.75 Å². The zero-order chi connectivity index (χ0) is 18.4. The Morgan fingerprint density at radius 1 is 1.08 bits per heavy atom. The third-order valence-corrected chi connectivity index (χ3v) is 3.40. The van der Waals surface area contributed by atoms with Gasteiger partial charge in [0.25, 0.3) is 5.91 Å². The second kappa shape index (κ2) is 8.06.